The topological polar surface area (TPSA) is 123 Å². The molecule has 0 aliphatic carbocycles. The average Bonchev–Trinajstić information content (AvgIpc) is 3.06. The zero-order valence-electron chi connectivity index (χ0n) is 20.5. The maximum absolute atomic E-state index is 15.1. The Balaban J connectivity index is 1.74. The highest BCUT2D eigenvalue weighted by Gasteiger charge is 2.20. The van der Waals surface area contributed by atoms with Crippen LogP contribution in [0.5, 0.6) is 5.75 Å². The van der Waals surface area contributed by atoms with Crippen LogP contribution in [0.2, 0.25) is 0 Å². The average molecular weight is 525 g/mol. The number of ether oxygens (including phenoxy) is 1. The molecule has 2 N–H and O–H groups in total. The summed E-state index contributed by atoms with van der Waals surface area (Å²) < 4.78 is 54.3. The minimum atomic E-state index is -3.97. The van der Waals surface area contributed by atoms with Gasteiger partial charge in [-0.1, -0.05) is 19.6 Å². The summed E-state index contributed by atoms with van der Waals surface area (Å²) in [6.45, 7) is 7.64. The number of fused-ring (bicyclic) bond motifs is 1. The first-order chi connectivity index (χ1) is 17.6. The molecule has 0 spiro atoms. The zero-order chi connectivity index (χ0) is 26.7. The Hall–Kier alpha value is -4.09. The number of aliphatic imine (C=N–C) groups is 1. The molecule has 3 heterocycles. The van der Waals surface area contributed by atoms with E-state index in [1.807, 2.05) is 29.4 Å². The van der Waals surface area contributed by atoms with E-state index in [1.54, 1.807) is 30.5 Å². The molecular weight excluding hydrogens is 499 g/mol. The lowest BCUT2D eigenvalue weighted by atomic mass is 9.96. The van der Waals surface area contributed by atoms with Crippen molar-refractivity contribution in [3.8, 4) is 5.75 Å². The minimum Gasteiger partial charge on any atom is -0.439 e. The lowest BCUT2D eigenvalue weighted by molar-refractivity contribution is 0.417. The van der Waals surface area contributed by atoms with Crippen LogP contribution in [0.3, 0.4) is 0 Å². The summed E-state index contributed by atoms with van der Waals surface area (Å²) in [6, 6.07) is 4.87. The fourth-order valence-corrected chi connectivity index (χ4v) is 4.38. The first kappa shape index (κ1) is 26.0. The van der Waals surface area contributed by atoms with Crippen molar-refractivity contribution < 1.29 is 22.0 Å². The fourth-order valence-electron chi connectivity index (χ4n) is 3.89. The van der Waals surface area contributed by atoms with Crippen molar-refractivity contribution in [1.82, 2.24) is 9.71 Å². The quantitative estimate of drug-likeness (QED) is 0.428. The van der Waals surface area contributed by atoms with Crippen LogP contribution in [-0.2, 0) is 23.1 Å². The van der Waals surface area contributed by atoms with E-state index in [0.717, 1.165) is 11.1 Å². The number of benzene rings is 1. The van der Waals surface area contributed by atoms with Crippen LogP contribution in [0.4, 0.5) is 10.2 Å². The van der Waals surface area contributed by atoms with Crippen molar-refractivity contribution in [1.29, 1.82) is 0 Å². The van der Waals surface area contributed by atoms with Crippen LogP contribution < -0.4 is 19.8 Å². The van der Waals surface area contributed by atoms with Crippen LogP contribution in [0, 0.1) is 12.7 Å². The molecule has 4 rings (SSSR count). The zero-order valence-corrected chi connectivity index (χ0v) is 21.3. The second-order valence-electron chi connectivity index (χ2n) is 8.23. The summed E-state index contributed by atoms with van der Waals surface area (Å²) in [6.07, 6.45) is 8.46. The molecule has 9 nitrogen and oxygen atoms in total. The Morgan fingerprint density at radius 2 is 2.03 bits per heavy atom. The van der Waals surface area contributed by atoms with E-state index in [9.17, 15) is 13.2 Å². The molecule has 1 aliphatic heterocycles. The summed E-state index contributed by atoms with van der Waals surface area (Å²) in [5.41, 5.74) is 2.25. The minimum absolute atomic E-state index is 0.0915. The normalized spacial score (nSPS) is 13.5. The van der Waals surface area contributed by atoms with Gasteiger partial charge in [0, 0.05) is 49.0 Å². The molecule has 0 saturated heterocycles. The third-order valence-corrected chi connectivity index (χ3v) is 6.73. The van der Waals surface area contributed by atoms with E-state index in [-0.39, 0.29) is 17.5 Å². The van der Waals surface area contributed by atoms with E-state index in [1.165, 1.54) is 19.3 Å². The number of nitrogens with zero attached hydrogens (tertiary/aromatic N) is 2. The van der Waals surface area contributed by atoms with Gasteiger partial charge in [0.05, 0.1) is 0 Å². The van der Waals surface area contributed by atoms with Crippen LogP contribution in [-0.4, -0.2) is 26.7 Å². The molecule has 1 aromatic carbocycles. The third kappa shape index (κ3) is 5.68. The molecule has 0 saturated carbocycles. The van der Waals surface area contributed by atoms with Crippen molar-refractivity contribution in [2.24, 2.45) is 4.99 Å². The molecule has 0 bridgehead atoms. The van der Waals surface area contributed by atoms with Gasteiger partial charge in [-0.15, -0.1) is 0 Å². The van der Waals surface area contributed by atoms with Crippen LogP contribution in [0.1, 0.15) is 29.2 Å². The standard InChI is InChI=1S/C26H25FN4O5S/c1-5-18-19-12-16(3)21(35-23-11-15(2)7-6-9-29-23)14-22(19)36-26(32)20(18)13-17-8-10-30-25(24(17)27)31-37(33,34)28-4/h6-12,14,28H,2,5,13H2,1,3-4H3,(H,30,31). The SMILES string of the molecule is C=C1C=CC=NC(Oc2cc3oc(=O)c(Cc4ccnc(NS(=O)(=O)NC)c4F)c(CC)c3cc2C)=C1. The lowest BCUT2D eigenvalue weighted by Crippen LogP contribution is -2.27. The molecule has 192 valence electrons. The molecule has 2 aromatic heterocycles. The van der Waals surface area contributed by atoms with Crippen LogP contribution in [0.25, 0.3) is 11.0 Å². The maximum atomic E-state index is 15.1. The largest absolute Gasteiger partial charge is 0.439 e. The second-order valence-corrected chi connectivity index (χ2v) is 9.85. The Morgan fingerprint density at radius 1 is 1.24 bits per heavy atom. The molecule has 0 radical (unpaired) electrons. The van der Waals surface area contributed by atoms with Gasteiger partial charge >= 0.3 is 5.63 Å². The highest BCUT2D eigenvalue weighted by molar-refractivity contribution is 7.90. The van der Waals surface area contributed by atoms with Gasteiger partial charge in [-0.3, -0.25) is 4.72 Å². The van der Waals surface area contributed by atoms with Crippen molar-refractivity contribution in [2.75, 3.05) is 11.8 Å². The summed E-state index contributed by atoms with van der Waals surface area (Å²) in [5.74, 6) is -0.549. The summed E-state index contributed by atoms with van der Waals surface area (Å²) in [4.78, 5) is 21.0. The number of hydrogen-bond acceptors (Lipinski definition) is 7. The van der Waals surface area contributed by atoms with Gasteiger partial charge < -0.3 is 9.15 Å². The lowest BCUT2D eigenvalue weighted by Gasteiger charge is -2.14. The van der Waals surface area contributed by atoms with Crippen molar-refractivity contribution in [2.45, 2.75) is 26.7 Å². The van der Waals surface area contributed by atoms with E-state index >= 15 is 4.39 Å². The summed E-state index contributed by atoms with van der Waals surface area (Å²) in [7, 11) is -2.79. The first-order valence-electron chi connectivity index (χ1n) is 11.3. The molecule has 0 unspecified atom stereocenters. The molecule has 3 aromatic rings. The fraction of sp³-hybridized carbons (Fsp3) is 0.192. The van der Waals surface area contributed by atoms with Gasteiger partial charge in [0.2, 0.25) is 5.88 Å². The number of halogens is 1. The molecule has 0 fully saturated rings. The Kier molecular flexibility index (Phi) is 7.37. The van der Waals surface area contributed by atoms with Gasteiger partial charge in [-0.25, -0.2) is 23.9 Å². The molecule has 37 heavy (non-hydrogen) atoms. The van der Waals surface area contributed by atoms with Gasteiger partial charge in [-0.05, 0) is 53.8 Å². The number of anilines is 1. The molecule has 1 aliphatic rings. The van der Waals surface area contributed by atoms with Crippen LogP contribution in [0.15, 0.2) is 74.9 Å². The molecule has 11 heteroatoms. The van der Waals surface area contributed by atoms with Gasteiger partial charge in [0.15, 0.2) is 11.6 Å². The predicted octanol–water partition coefficient (Wildman–Crippen LogP) is 4.08. The van der Waals surface area contributed by atoms with Gasteiger partial charge in [-0.2, -0.15) is 8.42 Å². The Labute approximate surface area is 213 Å². The van der Waals surface area contributed by atoms with E-state index < -0.39 is 27.5 Å². The number of pyridine rings is 1. The number of aryl methyl sites for hydroxylation is 2. The molecule has 0 amide bonds. The Bertz CT molecular complexity index is 1660. The maximum Gasteiger partial charge on any atom is 0.340 e. The van der Waals surface area contributed by atoms with Gasteiger partial charge in [0.25, 0.3) is 10.2 Å². The molecular formula is C26H25FN4O5S. The number of nitrogens with one attached hydrogen (secondary N) is 2. The number of aromatic nitrogens is 1. The van der Waals surface area contributed by atoms with E-state index in [2.05, 4.69) is 16.6 Å². The summed E-state index contributed by atoms with van der Waals surface area (Å²) in [5, 5.41) is 0.692. The van der Waals surface area contributed by atoms with E-state index in [4.69, 9.17) is 9.15 Å². The monoisotopic (exact) mass is 524 g/mol. The third-order valence-electron chi connectivity index (χ3n) is 5.73. The Morgan fingerprint density at radius 3 is 2.76 bits per heavy atom. The summed E-state index contributed by atoms with van der Waals surface area (Å²) >= 11 is 0. The number of rotatable bonds is 8. The van der Waals surface area contributed by atoms with Crippen molar-refractivity contribution in [3.05, 3.63) is 99.2 Å². The van der Waals surface area contributed by atoms with Crippen molar-refractivity contribution >= 4 is 33.2 Å². The first-order valence-corrected chi connectivity index (χ1v) is 12.8. The van der Waals surface area contributed by atoms with Crippen LogP contribution >= 0.6 is 0 Å². The molecule has 0 atom stereocenters. The highest BCUT2D eigenvalue weighted by atomic mass is 32.2. The number of allylic oxidation sites excluding steroid dienone is 4. The predicted molar refractivity (Wildman–Crippen MR) is 141 cm³/mol. The van der Waals surface area contributed by atoms with Crippen molar-refractivity contribution in [3.63, 3.8) is 0 Å². The number of hydrogen-bond donors (Lipinski definition) is 2. The van der Waals surface area contributed by atoms with Gasteiger partial charge in [0.1, 0.15) is 11.3 Å². The highest BCUT2D eigenvalue weighted by Crippen LogP contribution is 2.31. The smallest absolute Gasteiger partial charge is 0.340 e. The van der Waals surface area contributed by atoms with E-state index in [0.29, 0.717) is 34.6 Å². The second kappa shape index (κ2) is 10.5.